The summed E-state index contributed by atoms with van der Waals surface area (Å²) in [6.07, 6.45) is 0.235. The molecule has 2 N–H and O–H groups in total. The second kappa shape index (κ2) is 4.96. The highest BCUT2D eigenvalue weighted by molar-refractivity contribution is 5.62. The fraction of sp³-hybridized carbons (Fsp3) is 0.571. The molecule has 17 heavy (non-hydrogen) atoms. The molecular formula is C14H22N2O. The van der Waals surface area contributed by atoms with E-state index in [0.717, 1.165) is 18.8 Å². The quantitative estimate of drug-likeness (QED) is 0.872. The maximum absolute atomic E-state index is 5.86. The van der Waals surface area contributed by atoms with Gasteiger partial charge in [-0.3, -0.25) is 0 Å². The monoisotopic (exact) mass is 234 g/mol. The van der Waals surface area contributed by atoms with E-state index in [0.29, 0.717) is 12.5 Å². The van der Waals surface area contributed by atoms with Crippen LogP contribution in [0.5, 0.6) is 5.75 Å². The summed E-state index contributed by atoms with van der Waals surface area (Å²) in [4.78, 5) is 2.33. The lowest BCUT2D eigenvalue weighted by Crippen LogP contribution is -2.41. The van der Waals surface area contributed by atoms with Crippen LogP contribution < -0.4 is 15.4 Å². The molecule has 0 fully saturated rings. The summed E-state index contributed by atoms with van der Waals surface area (Å²) in [5.41, 5.74) is 8.22. The van der Waals surface area contributed by atoms with Crippen molar-refractivity contribution in [1.29, 1.82) is 0 Å². The van der Waals surface area contributed by atoms with Crippen LogP contribution in [0.25, 0.3) is 0 Å². The van der Waals surface area contributed by atoms with E-state index < -0.39 is 0 Å². The summed E-state index contributed by atoms with van der Waals surface area (Å²) in [6.45, 7) is 9.01. The third kappa shape index (κ3) is 2.55. The Kier molecular flexibility index (Phi) is 3.57. The van der Waals surface area contributed by atoms with Crippen molar-refractivity contribution in [3.05, 3.63) is 23.8 Å². The van der Waals surface area contributed by atoms with Crippen LogP contribution in [0, 0.1) is 0 Å². The molecule has 1 atom stereocenters. The second-order valence-corrected chi connectivity index (χ2v) is 5.05. The van der Waals surface area contributed by atoms with Gasteiger partial charge in [0.1, 0.15) is 11.9 Å². The Labute approximate surface area is 104 Å². The molecule has 3 heteroatoms. The smallest absolute Gasteiger partial charge is 0.143 e. The molecule has 0 aliphatic carbocycles. The lowest BCUT2D eigenvalue weighted by atomic mass is 10.0. The molecule has 1 aliphatic rings. The normalized spacial score (nSPS) is 19.1. The highest BCUT2D eigenvalue weighted by Crippen LogP contribution is 2.35. The molecule has 1 aliphatic heterocycles. The maximum Gasteiger partial charge on any atom is 0.143 e. The molecule has 0 saturated heterocycles. The Bertz CT molecular complexity index is 390. The van der Waals surface area contributed by atoms with Crippen molar-refractivity contribution < 1.29 is 4.74 Å². The minimum absolute atomic E-state index is 0.235. The number of anilines is 1. The SMILES string of the molecule is CC1CN(CCN)c2cc(C(C)C)ccc2O1. The predicted molar refractivity (Wildman–Crippen MR) is 71.9 cm³/mol. The maximum atomic E-state index is 5.86. The number of hydrogen-bond donors (Lipinski definition) is 1. The molecule has 1 aromatic carbocycles. The van der Waals surface area contributed by atoms with Crippen LogP contribution in [0.3, 0.4) is 0 Å². The topological polar surface area (TPSA) is 38.5 Å². The fourth-order valence-corrected chi connectivity index (χ4v) is 2.27. The molecule has 3 nitrogen and oxygen atoms in total. The molecule has 94 valence electrons. The number of rotatable bonds is 3. The third-order valence-corrected chi connectivity index (χ3v) is 3.20. The van der Waals surface area contributed by atoms with Crippen LogP contribution in [-0.4, -0.2) is 25.7 Å². The van der Waals surface area contributed by atoms with E-state index in [9.17, 15) is 0 Å². The van der Waals surface area contributed by atoms with E-state index in [4.69, 9.17) is 10.5 Å². The van der Waals surface area contributed by atoms with Crippen molar-refractivity contribution in [2.75, 3.05) is 24.5 Å². The van der Waals surface area contributed by atoms with E-state index in [1.807, 2.05) is 0 Å². The Hall–Kier alpha value is -1.22. The van der Waals surface area contributed by atoms with E-state index in [1.165, 1.54) is 11.3 Å². The number of fused-ring (bicyclic) bond motifs is 1. The third-order valence-electron chi connectivity index (χ3n) is 3.20. The summed E-state index contributed by atoms with van der Waals surface area (Å²) < 4.78 is 5.86. The van der Waals surface area contributed by atoms with Crippen molar-refractivity contribution in [3.63, 3.8) is 0 Å². The van der Waals surface area contributed by atoms with Crippen molar-refractivity contribution >= 4 is 5.69 Å². The van der Waals surface area contributed by atoms with Gasteiger partial charge in [-0.25, -0.2) is 0 Å². The summed E-state index contributed by atoms with van der Waals surface area (Å²) in [5.74, 6) is 1.53. The van der Waals surface area contributed by atoms with E-state index >= 15 is 0 Å². The molecule has 1 heterocycles. The molecule has 1 aromatic rings. The predicted octanol–water partition coefficient (Wildman–Crippen LogP) is 2.36. The summed E-state index contributed by atoms with van der Waals surface area (Å²) >= 11 is 0. The zero-order valence-electron chi connectivity index (χ0n) is 10.9. The molecular weight excluding hydrogens is 212 g/mol. The Balaban J connectivity index is 2.35. The van der Waals surface area contributed by atoms with E-state index in [2.05, 4.69) is 43.9 Å². The van der Waals surface area contributed by atoms with Crippen molar-refractivity contribution in [1.82, 2.24) is 0 Å². The first-order chi connectivity index (χ1) is 8.11. The first-order valence-corrected chi connectivity index (χ1v) is 6.37. The lowest BCUT2D eigenvalue weighted by molar-refractivity contribution is 0.213. The summed E-state index contributed by atoms with van der Waals surface area (Å²) in [6, 6.07) is 6.48. The molecule has 2 rings (SSSR count). The van der Waals surface area contributed by atoms with Gasteiger partial charge in [-0.15, -0.1) is 0 Å². The van der Waals surface area contributed by atoms with Gasteiger partial charge in [0, 0.05) is 13.1 Å². The highest BCUT2D eigenvalue weighted by atomic mass is 16.5. The summed E-state index contributed by atoms with van der Waals surface area (Å²) in [5, 5.41) is 0. The number of nitrogens with two attached hydrogens (primary N) is 1. The first-order valence-electron chi connectivity index (χ1n) is 6.37. The lowest BCUT2D eigenvalue weighted by Gasteiger charge is -2.35. The van der Waals surface area contributed by atoms with Crippen LogP contribution in [0.15, 0.2) is 18.2 Å². The second-order valence-electron chi connectivity index (χ2n) is 5.05. The fourth-order valence-electron chi connectivity index (χ4n) is 2.27. The van der Waals surface area contributed by atoms with E-state index in [1.54, 1.807) is 0 Å². The van der Waals surface area contributed by atoms with Gasteiger partial charge in [0.05, 0.1) is 12.2 Å². The van der Waals surface area contributed by atoms with Gasteiger partial charge >= 0.3 is 0 Å². The van der Waals surface area contributed by atoms with Gasteiger partial charge in [-0.05, 0) is 30.5 Å². The highest BCUT2D eigenvalue weighted by Gasteiger charge is 2.22. The van der Waals surface area contributed by atoms with Gasteiger partial charge in [-0.2, -0.15) is 0 Å². The van der Waals surface area contributed by atoms with Crippen LogP contribution in [0.4, 0.5) is 5.69 Å². The van der Waals surface area contributed by atoms with Crippen molar-refractivity contribution in [2.24, 2.45) is 5.73 Å². The number of nitrogens with zero attached hydrogens (tertiary/aromatic N) is 1. The molecule has 0 amide bonds. The molecule has 0 aromatic heterocycles. The molecule has 0 spiro atoms. The average Bonchev–Trinajstić information content (AvgIpc) is 2.28. The zero-order valence-corrected chi connectivity index (χ0v) is 10.9. The summed E-state index contributed by atoms with van der Waals surface area (Å²) in [7, 11) is 0. The van der Waals surface area contributed by atoms with Crippen LogP contribution in [0.2, 0.25) is 0 Å². The Morgan fingerprint density at radius 3 is 2.88 bits per heavy atom. The molecule has 1 unspecified atom stereocenters. The van der Waals surface area contributed by atoms with Gasteiger partial charge in [0.25, 0.3) is 0 Å². The molecule has 0 saturated carbocycles. The first kappa shape index (κ1) is 12.2. The standard InChI is InChI=1S/C14H22N2O/c1-10(2)12-4-5-14-13(8-12)16(7-6-15)9-11(3)17-14/h4-5,8,10-11H,6-7,9,15H2,1-3H3. The minimum Gasteiger partial charge on any atom is -0.487 e. The van der Waals surface area contributed by atoms with Crippen LogP contribution in [0.1, 0.15) is 32.3 Å². The van der Waals surface area contributed by atoms with Crippen LogP contribution >= 0.6 is 0 Å². The average molecular weight is 234 g/mol. The van der Waals surface area contributed by atoms with Crippen LogP contribution in [-0.2, 0) is 0 Å². The Morgan fingerprint density at radius 2 is 2.24 bits per heavy atom. The van der Waals surface area contributed by atoms with Gasteiger partial charge in [0.2, 0.25) is 0 Å². The molecule has 0 bridgehead atoms. The number of ether oxygens (including phenoxy) is 1. The van der Waals surface area contributed by atoms with Crippen molar-refractivity contribution in [3.8, 4) is 5.75 Å². The molecule has 0 radical (unpaired) electrons. The number of benzene rings is 1. The Morgan fingerprint density at radius 1 is 1.47 bits per heavy atom. The van der Waals surface area contributed by atoms with Gasteiger partial charge in [0.15, 0.2) is 0 Å². The van der Waals surface area contributed by atoms with Crippen molar-refractivity contribution in [2.45, 2.75) is 32.8 Å². The van der Waals surface area contributed by atoms with Gasteiger partial charge in [-0.1, -0.05) is 19.9 Å². The minimum atomic E-state index is 0.235. The van der Waals surface area contributed by atoms with Gasteiger partial charge < -0.3 is 15.4 Å². The number of hydrogen-bond acceptors (Lipinski definition) is 3. The largest absolute Gasteiger partial charge is 0.487 e. The zero-order chi connectivity index (χ0) is 12.4. The van der Waals surface area contributed by atoms with E-state index in [-0.39, 0.29) is 6.10 Å².